The molecule has 0 aromatic rings. The topological polar surface area (TPSA) is 20.2 Å². The molecular formula is C7H15IO. The van der Waals surface area contributed by atoms with E-state index in [2.05, 4.69) is 22.6 Å². The van der Waals surface area contributed by atoms with Crippen LogP contribution in [0.4, 0.5) is 0 Å². The maximum atomic E-state index is 9.46. The van der Waals surface area contributed by atoms with Crippen molar-refractivity contribution < 1.29 is 5.11 Å². The second-order valence-corrected chi connectivity index (χ2v) is 5.45. The van der Waals surface area contributed by atoms with E-state index in [4.69, 9.17) is 0 Å². The van der Waals surface area contributed by atoms with Crippen LogP contribution in [0.2, 0.25) is 0 Å². The molecule has 0 aromatic heterocycles. The Kier molecular flexibility index (Phi) is 3.44. The maximum Gasteiger partial charge on any atom is 0.0703 e. The Bertz CT molecular complexity index is 83.4. The number of rotatable bonds is 1. The van der Waals surface area contributed by atoms with Gasteiger partial charge < -0.3 is 5.11 Å². The molecule has 0 spiro atoms. The highest BCUT2D eigenvalue weighted by molar-refractivity contribution is 14.1. The standard InChI is InChI=1S/C7H15IO/c1-5(8)6(9)7(2,3)4/h5-6,9H,1-4H3/t5-,6+/m1/s1. The zero-order valence-corrected chi connectivity index (χ0v) is 8.64. The second-order valence-electron chi connectivity index (χ2n) is 3.49. The average Bonchev–Trinajstić information content (AvgIpc) is 1.62. The van der Waals surface area contributed by atoms with Crippen LogP contribution >= 0.6 is 22.6 Å². The Hall–Kier alpha value is 0.690. The molecule has 0 rings (SSSR count). The Morgan fingerprint density at radius 2 is 1.67 bits per heavy atom. The Balaban J connectivity index is 3.88. The van der Waals surface area contributed by atoms with Crippen LogP contribution < -0.4 is 0 Å². The summed E-state index contributed by atoms with van der Waals surface area (Å²) in [4.78, 5) is 0. The molecule has 56 valence electrons. The second kappa shape index (κ2) is 3.19. The highest BCUT2D eigenvalue weighted by Gasteiger charge is 2.25. The highest BCUT2D eigenvalue weighted by atomic mass is 127. The van der Waals surface area contributed by atoms with E-state index in [0.29, 0.717) is 3.92 Å². The van der Waals surface area contributed by atoms with E-state index in [-0.39, 0.29) is 11.5 Å². The molecule has 1 nitrogen and oxygen atoms in total. The molecule has 0 heterocycles. The van der Waals surface area contributed by atoms with Crippen LogP contribution in [-0.2, 0) is 0 Å². The number of alkyl halides is 1. The highest BCUT2D eigenvalue weighted by Crippen LogP contribution is 2.24. The summed E-state index contributed by atoms with van der Waals surface area (Å²) in [5.74, 6) is 0. The summed E-state index contributed by atoms with van der Waals surface area (Å²) in [6, 6.07) is 0. The molecule has 0 aliphatic rings. The van der Waals surface area contributed by atoms with Crippen LogP contribution in [-0.4, -0.2) is 15.1 Å². The minimum Gasteiger partial charge on any atom is -0.392 e. The molecule has 9 heavy (non-hydrogen) atoms. The van der Waals surface area contributed by atoms with Crippen molar-refractivity contribution in [2.75, 3.05) is 0 Å². The fourth-order valence-electron chi connectivity index (χ4n) is 0.689. The van der Waals surface area contributed by atoms with Gasteiger partial charge in [0.05, 0.1) is 6.10 Å². The predicted molar refractivity (Wildman–Crippen MR) is 48.9 cm³/mol. The molecule has 1 N–H and O–H groups in total. The van der Waals surface area contributed by atoms with E-state index < -0.39 is 0 Å². The third-order valence-electron chi connectivity index (χ3n) is 1.32. The van der Waals surface area contributed by atoms with Gasteiger partial charge in [-0.05, 0) is 5.41 Å². The smallest absolute Gasteiger partial charge is 0.0703 e. The van der Waals surface area contributed by atoms with Crippen molar-refractivity contribution in [2.45, 2.75) is 37.7 Å². The van der Waals surface area contributed by atoms with Gasteiger partial charge in [-0.25, -0.2) is 0 Å². The van der Waals surface area contributed by atoms with Crippen LogP contribution in [0.1, 0.15) is 27.7 Å². The lowest BCUT2D eigenvalue weighted by Gasteiger charge is -2.27. The summed E-state index contributed by atoms with van der Waals surface area (Å²) in [5, 5.41) is 9.46. The number of halogens is 1. The zero-order chi connectivity index (χ0) is 7.65. The SMILES string of the molecule is C[C@@H](I)[C@H](O)C(C)(C)C. The number of hydrogen-bond acceptors (Lipinski definition) is 1. The molecule has 0 radical (unpaired) electrons. The van der Waals surface area contributed by atoms with Gasteiger partial charge in [-0.15, -0.1) is 0 Å². The largest absolute Gasteiger partial charge is 0.392 e. The monoisotopic (exact) mass is 242 g/mol. The van der Waals surface area contributed by atoms with Gasteiger partial charge >= 0.3 is 0 Å². The molecule has 0 aliphatic heterocycles. The lowest BCUT2D eigenvalue weighted by Crippen LogP contribution is -2.32. The predicted octanol–water partition coefficient (Wildman–Crippen LogP) is 2.22. The molecule has 2 heteroatoms. The Morgan fingerprint density at radius 3 is 1.67 bits per heavy atom. The van der Waals surface area contributed by atoms with Gasteiger partial charge in [0.2, 0.25) is 0 Å². The minimum absolute atomic E-state index is 0.0284. The lowest BCUT2D eigenvalue weighted by atomic mass is 9.88. The fraction of sp³-hybridized carbons (Fsp3) is 1.00. The van der Waals surface area contributed by atoms with Gasteiger partial charge in [0.1, 0.15) is 0 Å². The van der Waals surface area contributed by atoms with Crippen molar-refractivity contribution in [1.29, 1.82) is 0 Å². The number of hydrogen-bond donors (Lipinski definition) is 1. The summed E-state index contributed by atoms with van der Waals surface area (Å²) >= 11 is 2.24. The van der Waals surface area contributed by atoms with Crippen molar-refractivity contribution in [3.63, 3.8) is 0 Å². The van der Waals surface area contributed by atoms with E-state index in [1.54, 1.807) is 0 Å². The van der Waals surface area contributed by atoms with Crippen molar-refractivity contribution in [3.05, 3.63) is 0 Å². The van der Waals surface area contributed by atoms with Crippen molar-refractivity contribution in [3.8, 4) is 0 Å². The third kappa shape index (κ3) is 3.40. The molecule has 0 aliphatic carbocycles. The van der Waals surface area contributed by atoms with E-state index in [1.165, 1.54) is 0 Å². The Morgan fingerprint density at radius 1 is 1.33 bits per heavy atom. The van der Waals surface area contributed by atoms with E-state index in [9.17, 15) is 5.11 Å². The zero-order valence-electron chi connectivity index (χ0n) is 6.48. The number of aliphatic hydroxyl groups excluding tert-OH is 1. The van der Waals surface area contributed by atoms with Crippen LogP contribution in [0, 0.1) is 5.41 Å². The van der Waals surface area contributed by atoms with Gasteiger partial charge in [0.25, 0.3) is 0 Å². The summed E-state index contributed by atoms with van der Waals surface area (Å²) in [7, 11) is 0. The molecule has 0 bridgehead atoms. The molecular weight excluding hydrogens is 227 g/mol. The molecule has 0 saturated heterocycles. The molecule has 0 aromatic carbocycles. The first-order valence-corrected chi connectivity index (χ1v) is 4.42. The molecule has 0 unspecified atom stereocenters. The fourth-order valence-corrected chi connectivity index (χ4v) is 1.77. The van der Waals surface area contributed by atoms with E-state index in [1.807, 2.05) is 27.7 Å². The van der Waals surface area contributed by atoms with Gasteiger partial charge in [0.15, 0.2) is 0 Å². The van der Waals surface area contributed by atoms with Gasteiger partial charge in [0, 0.05) is 3.92 Å². The van der Waals surface area contributed by atoms with Crippen molar-refractivity contribution >= 4 is 22.6 Å². The Labute approximate surface area is 71.0 Å². The number of aliphatic hydroxyl groups is 1. The van der Waals surface area contributed by atoms with Crippen LogP contribution in [0.25, 0.3) is 0 Å². The first kappa shape index (κ1) is 9.69. The first-order chi connectivity index (χ1) is 3.85. The average molecular weight is 242 g/mol. The van der Waals surface area contributed by atoms with Crippen LogP contribution in [0.3, 0.4) is 0 Å². The first-order valence-electron chi connectivity index (χ1n) is 3.18. The molecule has 0 amide bonds. The van der Waals surface area contributed by atoms with Crippen LogP contribution in [0.5, 0.6) is 0 Å². The summed E-state index contributed by atoms with van der Waals surface area (Å²) in [6.07, 6.45) is -0.196. The van der Waals surface area contributed by atoms with Gasteiger partial charge in [-0.3, -0.25) is 0 Å². The third-order valence-corrected chi connectivity index (χ3v) is 2.00. The molecule has 0 fully saturated rings. The van der Waals surface area contributed by atoms with E-state index in [0.717, 1.165) is 0 Å². The summed E-state index contributed by atoms with van der Waals surface area (Å²) in [6.45, 7) is 8.17. The maximum absolute atomic E-state index is 9.46. The van der Waals surface area contributed by atoms with E-state index >= 15 is 0 Å². The quantitative estimate of drug-likeness (QED) is 0.552. The normalized spacial score (nSPS) is 19.3. The van der Waals surface area contributed by atoms with Crippen molar-refractivity contribution in [1.82, 2.24) is 0 Å². The van der Waals surface area contributed by atoms with Gasteiger partial charge in [-0.1, -0.05) is 50.3 Å². The molecule has 2 atom stereocenters. The summed E-state index contributed by atoms with van der Waals surface area (Å²) in [5.41, 5.74) is 0.0284. The van der Waals surface area contributed by atoms with Crippen molar-refractivity contribution in [2.24, 2.45) is 5.41 Å². The lowest BCUT2D eigenvalue weighted by molar-refractivity contribution is 0.0685. The minimum atomic E-state index is -0.196. The van der Waals surface area contributed by atoms with Gasteiger partial charge in [-0.2, -0.15) is 0 Å². The summed E-state index contributed by atoms with van der Waals surface area (Å²) < 4.78 is 0.336. The van der Waals surface area contributed by atoms with Crippen LogP contribution in [0.15, 0.2) is 0 Å². The molecule has 0 saturated carbocycles.